The molecule has 0 saturated heterocycles. The largest absolute Gasteiger partial charge is 0.504 e. The van der Waals surface area contributed by atoms with Crippen molar-refractivity contribution in [3.63, 3.8) is 0 Å². The maximum absolute atomic E-state index is 9.63. The first kappa shape index (κ1) is 11.8. The van der Waals surface area contributed by atoms with Crippen LogP contribution < -0.4 is 10.5 Å². The molecule has 6 heteroatoms. The highest BCUT2D eigenvalue weighted by molar-refractivity contribution is 9.10. The lowest BCUT2D eigenvalue weighted by molar-refractivity contribution is 0.373. The van der Waals surface area contributed by atoms with Gasteiger partial charge in [0.2, 0.25) is 0 Å². The molecular formula is C11H12BrN3O2. The van der Waals surface area contributed by atoms with E-state index in [2.05, 4.69) is 21.0 Å². The Labute approximate surface area is 107 Å². The molecule has 1 aromatic heterocycles. The van der Waals surface area contributed by atoms with Gasteiger partial charge >= 0.3 is 0 Å². The number of hydrogen-bond donors (Lipinski definition) is 2. The minimum atomic E-state index is 0.0746. The maximum atomic E-state index is 9.63. The molecule has 1 heterocycles. The number of aromatic hydroxyl groups is 1. The van der Waals surface area contributed by atoms with Gasteiger partial charge in [0.25, 0.3) is 0 Å². The van der Waals surface area contributed by atoms with Crippen LogP contribution in [0.1, 0.15) is 0 Å². The molecule has 2 aromatic rings. The van der Waals surface area contributed by atoms with Gasteiger partial charge in [-0.1, -0.05) is 15.9 Å². The van der Waals surface area contributed by atoms with Crippen LogP contribution >= 0.6 is 15.9 Å². The van der Waals surface area contributed by atoms with Gasteiger partial charge in [-0.2, -0.15) is 5.10 Å². The van der Waals surface area contributed by atoms with Crippen LogP contribution in [0.15, 0.2) is 22.8 Å². The Kier molecular flexibility index (Phi) is 2.97. The van der Waals surface area contributed by atoms with E-state index in [0.717, 1.165) is 15.6 Å². The Bertz CT molecular complexity index is 566. The van der Waals surface area contributed by atoms with Gasteiger partial charge in [-0.25, -0.2) is 0 Å². The van der Waals surface area contributed by atoms with E-state index in [9.17, 15) is 5.11 Å². The van der Waals surface area contributed by atoms with Gasteiger partial charge in [0.05, 0.1) is 13.3 Å². The van der Waals surface area contributed by atoms with Crippen LogP contribution in [0.4, 0.5) is 5.82 Å². The Morgan fingerprint density at radius 1 is 1.41 bits per heavy atom. The highest BCUT2D eigenvalue weighted by Crippen LogP contribution is 2.39. The standard InChI is InChI=1S/C11H12BrN3O2/c1-15-11(13)7(5-14-15)6-3-10(17-2)9(16)4-8(6)12/h3-5,16H,13H2,1-2H3. The van der Waals surface area contributed by atoms with Crippen molar-refractivity contribution in [2.24, 2.45) is 7.05 Å². The van der Waals surface area contributed by atoms with Crippen LogP contribution in [0.2, 0.25) is 0 Å². The summed E-state index contributed by atoms with van der Waals surface area (Å²) in [7, 11) is 3.27. The third kappa shape index (κ3) is 1.95. The predicted molar refractivity (Wildman–Crippen MR) is 69.0 cm³/mol. The van der Waals surface area contributed by atoms with Crippen LogP contribution in [-0.2, 0) is 7.05 Å². The van der Waals surface area contributed by atoms with Crippen molar-refractivity contribution >= 4 is 21.7 Å². The van der Waals surface area contributed by atoms with Crippen molar-refractivity contribution in [3.05, 3.63) is 22.8 Å². The Morgan fingerprint density at radius 2 is 2.12 bits per heavy atom. The summed E-state index contributed by atoms with van der Waals surface area (Å²) in [5.41, 5.74) is 7.52. The highest BCUT2D eigenvalue weighted by Gasteiger charge is 2.14. The average molecular weight is 298 g/mol. The van der Waals surface area contributed by atoms with Crippen molar-refractivity contribution in [2.45, 2.75) is 0 Å². The van der Waals surface area contributed by atoms with E-state index >= 15 is 0 Å². The van der Waals surface area contributed by atoms with E-state index in [0.29, 0.717) is 11.6 Å². The lowest BCUT2D eigenvalue weighted by Crippen LogP contribution is -1.98. The van der Waals surface area contributed by atoms with Gasteiger partial charge in [-0.15, -0.1) is 0 Å². The van der Waals surface area contributed by atoms with E-state index in [-0.39, 0.29) is 5.75 Å². The molecule has 17 heavy (non-hydrogen) atoms. The molecule has 0 unspecified atom stereocenters. The van der Waals surface area contributed by atoms with Gasteiger partial charge < -0.3 is 15.6 Å². The van der Waals surface area contributed by atoms with Crippen molar-refractivity contribution in [2.75, 3.05) is 12.8 Å². The number of nitrogens with zero attached hydrogens (tertiary/aromatic N) is 2. The van der Waals surface area contributed by atoms with Gasteiger partial charge in [-0.3, -0.25) is 4.68 Å². The fraction of sp³-hybridized carbons (Fsp3) is 0.182. The number of methoxy groups -OCH3 is 1. The zero-order valence-electron chi connectivity index (χ0n) is 9.44. The quantitative estimate of drug-likeness (QED) is 0.891. The number of ether oxygens (including phenoxy) is 1. The summed E-state index contributed by atoms with van der Waals surface area (Å²) >= 11 is 3.38. The SMILES string of the molecule is COc1cc(-c2cnn(C)c2N)c(Br)cc1O. The Hall–Kier alpha value is -1.69. The number of nitrogens with two attached hydrogens (primary N) is 1. The average Bonchev–Trinajstić information content (AvgIpc) is 2.61. The first-order valence-electron chi connectivity index (χ1n) is 4.89. The zero-order valence-corrected chi connectivity index (χ0v) is 11.0. The molecule has 0 aliphatic carbocycles. The molecule has 90 valence electrons. The first-order chi connectivity index (χ1) is 8.04. The number of phenolic OH excluding ortho intramolecular Hbond substituents is 1. The number of anilines is 1. The molecule has 0 aliphatic rings. The van der Waals surface area contributed by atoms with E-state index in [1.165, 1.54) is 7.11 Å². The van der Waals surface area contributed by atoms with E-state index < -0.39 is 0 Å². The molecule has 0 radical (unpaired) electrons. The summed E-state index contributed by atoms with van der Waals surface area (Å²) in [4.78, 5) is 0. The number of benzene rings is 1. The topological polar surface area (TPSA) is 73.3 Å². The molecule has 0 amide bonds. The fourth-order valence-electron chi connectivity index (χ4n) is 1.57. The maximum Gasteiger partial charge on any atom is 0.161 e. The molecule has 0 fully saturated rings. The van der Waals surface area contributed by atoms with Gasteiger partial charge in [0.15, 0.2) is 11.5 Å². The summed E-state index contributed by atoms with van der Waals surface area (Å²) in [6.07, 6.45) is 1.67. The summed E-state index contributed by atoms with van der Waals surface area (Å²) in [6, 6.07) is 3.29. The Balaban J connectivity index is 2.63. The molecule has 2 rings (SSSR count). The molecule has 0 bridgehead atoms. The van der Waals surface area contributed by atoms with E-state index in [1.54, 1.807) is 30.1 Å². The van der Waals surface area contributed by atoms with E-state index in [4.69, 9.17) is 10.5 Å². The third-order valence-corrected chi connectivity index (χ3v) is 3.20. The van der Waals surface area contributed by atoms with Crippen molar-refractivity contribution in [1.82, 2.24) is 9.78 Å². The molecule has 3 N–H and O–H groups in total. The molecule has 1 aromatic carbocycles. The van der Waals surface area contributed by atoms with Gasteiger partial charge in [-0.05, 0) is 12.1 Å². The number of phenols is 1. The monoisotopic (exact) mass is 297 g/mol. The van der Waals surface area contributed by atoms with Crippen LogP contribution in [0.25, 0.3) is 11.1 Å². The first-order valence-corrected chi connectivity index (χ1v) is 5.68. The van der Waals surface area contributed by atoms with Gasteiger partial charge in [0, 0.05) is 22.6 Å². The summed E-state index contributed by atoms with van der Waals surface area (Å²) < 4.78 is 7.39. The number of halogens is 1. The van der Waals surface area contributed by atoms with Crippen molar-refractivity contribution < 1.29 is 9.84 Å². The van der Waals surface area contributed by atoms with Crippen molar-refractivity contribution in [1.29, 1.82) is 0 Å². The fourth-order valence-corrected chi connectivity index (χ4v) is 2.11. The second kappa shape index (κ2) is 4.29. The summed E-state index contributed by atoms with van der Waals surface area (Å²) in [5, 5.41) is 13.7. The van der Waals surface area contributed by atoms with Gasteiger partial charge in [0.1, 0.15) is 5.82 Å². The molecule has 0 spiro atoms. The molecule has 0 aliphatic heterocycles. The number of aryl methyl sites for hydroxylation is 1. The lowest BCUT2D eigenvalue weighted by Gasteiger charge is -2.09. The number of hydrogen-bond acceptors (Lipinski definition) is 4. The molecule has 0 atom stereocenters. The summed E-state index contributed by atoms with van der Waals surface area (Å²) in [6.45, 7) is 0. The normalized spacial score (nSPS) is 10.5. The van der Waals surface area contributed by atoms with Crippen LogP contribution in [0.5, 0.6) is 11.5 Å². The predicted octanol–water partition coefficient (Wildman–Crippen LogP) is 2.15. The van der Waals surface area contributed by atoms with Crippen molar-refractivity contribution in [3.8, 4) is 22.6 Å². The number of aromatic nitrogens is 2. The minimum Gasteiger partial charge on any atom is -0.504 e. The molecule has 5 nitrogen and oxygen atoms in total. The van der Waals surface area contributed by atoms with Crippen LogP contribution in [0, 0.1) is 0 Å². The second-order valence-corrected chi connectivity index (χ2v) is 4.43. The van der Waals surface area contributed by atoms with E-state index in [1.807, 2.05) is 0 Å². The molecule has 0 saturated carbocycles. The van der Waals surface area contributed by atoms with Crippen LogP contribution in [-0.4, -0.2) is 22.0 Å². The zero-order chi connectivity index (χ0) is 12.6. The third-order valence-electron chi connectivity index (χ3n) is 2.54. The van der Waals surface area contributed by atoms with Crippen LogP contribution in [0.3, 0.4) is 0 Å². The minimum absolute atomic E-state index is 0.0746. The smallest absolute Gasteiger partial charge is 0.161 e. The number of nitrogen functional groups attached to an aromatic ring is 1. The highest BCUT2D eigenvalue weighted by atomic mass is 79.9. The number of rotatable bonds is 2. The molecular weight excluding hydrogens is 286 g/mol. The second-order valence-electron chi connectivity index (χ2n) is 3.57. The summed E-state index contributed by atoms with van der Waals surface area (Å²) in [5.74, 6) is 1.02. The lowest BCUT2D eigenvalue weighted by atomic mass is 10.1. The Morgan fingerprint density at radius 3 is 2.65 bits per heavy atom.